The molecule has 1 unspecified atom stereocenters. The molecule has 3 nitrogen and oxygen atoms in total. The highest BCUT2D eigenvalue weighted by Gasteiger charge is 2.32. The fourth-order valence-electron chi connectivity index (χ4n) is 1.43. The van der Waals surface area contributed by atoms with Gasteiger partial charge in [-0.15, -0.1) is 0 Å². The molecule has 76 valence electrons. The molecule has 1 fully saturated rings. The molecule has 1 saturated carbocycles. The molecule has 3 heteroatoms. The van der Waals surface area contributed by atoms with E-state index >= 15 is 0 Å². The predicted octanol–water partition coefficient (Wildman–Crippen LogP) is 1.83. The van der Waals surface area contributed by atoms with Crippen LogP contribution in [0.25, 0.3) is 0 Å². The van der Waals surface area contributed by atoms with Gasteiger partial charge in [0.05, 0.1) is 0 Å². The summed E-state index contributed by atoms with van der Waals surface area (Å²) in [6.07, 6.45) is 2.56. The number of carbonyl (C=O) groups excluding carboxylic acids is 1. The average molecular weight is 184 g/mol. The lowest BCUT2D eigenvalue weighted by molar-refractivity contribution is 0.185. The Bertz CT molecular complexity index is 187. The van der Waals surface area contributed by atoms with Crippen LogP contribution in [-0.2, 0) is 0 Å². The van der Waals surface area contributed by atoms with Crippen molar-refractivity contribution in [1.29, 1.82) is 0 Å². The number of hydrogen-bond donors (Lipinski definition) is 1. The molecule has 0 aromatic rings. The fourth-order valence-corrected chi connectivity index (χ4v) is 1.43. The van der Waals surface area contributed by atoms with Crippen molar-refractivity contribution in [1.82, 2.24) is 10.2 Å². The van der Waals surface area contributed by atoms with Crippen LogP contribution in [0.1, 0.15) is 33.6 Å². The van der Waals surface area contributed by atoms with Gasteiger partial charge in [0.2, 0.25) is 0 Å². The maximum absolute atomic E-state index is 11.5. The Hall–Kier alpha value is -0.730. The summed E-state index contributed by atoms with van der Waals surface area (Å²) in [6, 6.07) is 0.662. The van der Waals surface area contributed by atoms with Crippen LogP contribution in [0.3, 0.4) is 0 Å². The first-order valence-corrected chi connectivity index (χ1v) is 5.05. The van der Waals surface area contributed by atoms with E-state index in [0.717, 1.165) is 5.92 Å². The van der Waals surface area contributed by atoms with E-state index in [2.05, 4.69) is 12.2 Å². The summed E-state index contributed by atoms with van der Waals surface area (Å²) in [6.45, 7) is 6.08. The van der Waals surface area contributed by atoms with Gasteiger partial charge in [0, 0.05) is 19.1 Å². The van der Waals surface area contributed by atoms with Gasteiger partial charge in [-0.25, -0.2) is 4.79 Å². The van der Waals surface area contributed by atoms with E-state index in [4.69, 9.17) is 0 Å². The molecule has 13 heavy (non-hydrogen) atoms. The predicted molar refractivity (Wildman–Crippen MR) is 53.6 cm³/mol. The van der Waals surface area contributed by atoms with Crippen LogP contribution >= 0.6 is 0 Å². The molecule has 0 aromatic heterocycles. The molecule has 1 aliphatic rings. The van der Waals surface area contributed by atoms with E-state index in [9.17, 15) is 4.79 Å². The maximum atomic E-state index is 11.5. The third kappa shape index (κ3) is 2.90. The molecule has 2 amide bonds. The van der Waals surface area contributed by atoms with Crippen LogP contribution in [0.5, 0.6) is 0 Å². The SMILES string of the molecule is CC(C)NC(=O)N(C)C(C)C1CC1. The Labute approximate surface area is 80.5 Å². The van der Waals surface area contributed by atoms with Gasteiger partial charge in [0.1, 0.15) is 0 Å². The summed E-state index contributed by atoms with van der Waals surface area (Å²) in [4.78, 5) is 13.4. The van der Waals surface area contributed by atoms with Crippen molar-refractivity contribution in [3.8, 4) is 0 Å². The summed E-state index contributed by atoms with van der Waals surface area (Å²) in [7, 11) is 1.88. The molecule has 1 atom stereocenters. The number of amides is 2. The van der Waals surface area contributed by atoms with E-state index in [-0.39, 0.29) is 12.1 Å². The molecule has 0 aromatic carbocycles. The average Bonchev–Trinajstić information content (AvgIpc) is 2.82. The summed E-state index contributed by atoms with van der Waals surface area (Å²) in [5.74, 6) is 0.739. The molecule has 0 aliphatic heterocycles. The van der Waals surface area contributed by atoms with E-state index in [1.807, 2.05) is 25.8 Å². The van der Waals surface area contributed by atoms with Crippen LogP contribution in [0.2, 0.25) is 0 Å². The molecule has 1 N–H and O–H groups in total. The number of urea groups is 1. The second-order valence-electron chi connectivity index (χ2n) is 4.29. The van der Waals surface area contributed by atoms with Gasteiger partial charge >= 0.3 is 6.03 Å². The van der Waals surface area contributed by atoms with Crippen molar-refractivity contribution < 1.29 is 4.79 Å². The van der Waals surface area contributed by atoms with Crippen LogP contribution in [0.15, 0.2) is 0 Å². The lowest BCUT2D eigenvalue weighted by atomic mass is 10.2. The van der Waals surface area contributed by atoms with Crippen LogP contribution in [0.4, 0.5) is 4.79 Å². The minimum atomic E-state index is 0.0504. The summed E-state index contributed by atoms with van der Waals surface area (Å²) < 4.78 is 0. The number of rotatable bonds is 3. The number of hydrogen-bond acceptors (Lipinski definition) is 1. The number of nitrogens with zero attached hydrogens (tertiary/aromatic N) is 1. The third-order valence-electron chi connectivity index (χ3n) is 2.65. The zero-order valence-electron chi connectivity index (χ0n) is 9.00. The second-order valence-corrected chi connectivity index (χ2v) is 4.29. The Morgan fingerprint density at radius 1 is 1.38 bits per heavy atom. The largest absolute Gasteiger partial charge is 0.336 e. The molecule has 0 saturated heterocycles. The molecular formula is C10H20N2O. The number of nitrogens with one attached hydrogen (secondary N) is 1. The van der Waals surface area contributed by atoms with E-state index in [0.29, 0.717) is 6.04 Å². The van der Waals surface area contributed by atoms with E-state index < -0.39 is 0 Å². The maximum Gasteiger partial charge on any atom is 0.317 e. The minimum Gasteiger partial charge on any atom is -0.336 e. The monoisotopic (exact) mass is 184 g/mol. The summed E-state index contributed by atoms with van der Waals surface area (Å²) in [5, 5.41) is 2.89. The van der Waals surface area contributed by atoms with Crippen LogP contribution in [-0.4, -0.2) is 30.1 Å². The quantitative estimate of drug-likeness (QED) is 0.713. The highest BCUT2D eigenvalue weighted by molar-refractivity contribution is 5.74. The van der Waals surface area contributed by atoms with Crippen LogP contribution < -0.4 is 5.32 Å². The van der Waals surface area contributed by atoms with Crippen LogP contribution in [0, 0.1) is 5.92 Å². The van der Waals surface area contributed by atoms with Gasteiger partial charge in [-0.2, -0.15) is 0 Å². The van der Waals surface area contributed by atoms with Crippen molar-refractivity contribution in [2.24, 2.45) is 5.92 Å². The Balaban J connectivity index is 2.36. The standard InChI is InChI=1S/C10H20N2O/c1-7(2)11-10(13)12(4)8(3)9-5-6-9/h7-9H,5-6H2,1-4H3,(H,11,13). The van der Waals surface area contributed by atoms with Gasteiger partial charge < -0.3 is 10.2 Å². The van der Waals surface area contributed by atoms with Crippen molar-refractivity contribution >= 4 is 6.03 Å². The Morgan fingerprint density at radius 2 is 1.92 bits per heavy atom. The molecule has 1 aliphatic carbocycles. The third-order valence-corrected chi connectivity index (χ3v) is 2.65. The normalized spacial score (nSPS) is 18.5. The van der Waals surface area contributed by atoms with Gasteiger partial charge in [0.15, 0.2) is 0 Å². The molecule has 0 heterocycles. The van der Waals surface area contributed by atoms with Gasteiger partial charge in [-0.3, -0.25) is 0 Å². The summed E-state index contributed by atoms with van der Waals surface area (Å²) >= 11 is 0. The highest BCUT2D eigenvalue weighted by Crippen LogP contribution is 2.34. The zero-order chi connectivity index (χ0) is 10.0. The zero-order valence-corrected chi connectivity index (χ0v) is 9.00. The molecular weight excluding hydrogens is 164 g/mol. The molecule has 0 bridgehead atoms. The Kier molecular flexibility index (Phi) is 3.17. The fraction of sp³-hybridized carbons (Fsp3) is 0.900. The first-order chi connectivity index (χ1) is 6.02. The lowest BCUT2D eigenvalue weighted by Crippen LogP contribution is -2.45. The summed E-state index contributed by atoms with van der Waals surface area (Å²) in [5.41, 5.74) is 0. The van der Waals surface area contributed by atoms with Gasteiger partial charge in [-0.05, 0) is 39.5 Å². The molecule has 0 radical (unpaired) electrons. The number of carbonyl (C=O) groups is 1. The second kappa shape index (κ2) is 3.99. The Morgan fingerprint density at radius 3 is 2.31 bits per heavy atom. The first-order valence-electron chi connectivity index (χ1n) is 5.05. The lowest BCUT2D eigenvalue weighted by Gasteiger charge is -2.26. The van der Waals surface area contributed by atoms with Crippen molar-refractivity contribution in [2.75, 3.05) is 7.05 Å². The molecule has 0 spiro atoms. The van der Waals surface area contributed by atoms with Crippen molar-refractivity contribution in [3.05, 3.63) is 0 Å². The van der Waals surface area contributed by atoms with E-state index in [1.54, 1.807) is 0 Å². The van der Waals surface area contributed by atoms with E-state index in [1.165, 1.54) is 12.8 Å². The van der Waals surface area contributed by atoms with Gasteiger partial charge in [-0.1, -0.05) is 0 Å². The van der Waals surface area contributed by atoms with Crippen molar-refractivity contribution in [3.63, 3.8) is 0 Å². The van der Waals surface area contributed by atoms with Gasteiger partial charge in [0.25, 0.3) is 0 Å². The highest BCUT2D eigenvalue weighted by atomic mass is 16.2. The van der Waals surface area contributed by atoms with Crippen molar-refractivity contribution in [2.45, 2.75) is 45.7 Å². The smallest absolute Gasteiger partial charge is 0.317 e. The molecule has 1 rings (SSSR count). The topological polar surface area (TPSA) is 32.3 Å². The minimum absolute atomic E-state index is 0.0504. The first kappa shape index (κ1) is 10.4.